The predicted octanol–water partition coefficient (Wildman–Crippen LogP) is 4.68. The van der Waals surface area contributed by atoms with Crippen LogP contribution in [-0.2, 0) is 0 Å². The van der Waals surface area contributed by atoms with Crippen molar-refractivity contribution in [1.82, 2.24) is 9.88 Å². The van der Waals surface area contributed by atoms with Crippen molar-refractivity contribution in [3.05, 3.63) is 53.6 Å². The number of carbonyl (C=O) groups is 1. The molecule has 4 rings (SSSR count). The average Bonchev–Trinajstić information content (AvgIpc) is 3.11. The molecule has 0 saturated carbocycles. The number of hydrogen-bond donors (Lipinski definition) is 0. The molecule has 0 bridgehead atoms. The van der Waals surface area contributed by atoms with Gasteiger partial charge in [0, 0.05) is 36.6 Å². The molecule has 1 aliphatic rings. The summed E-state index contributed by atoms with van der Waals surface area (Å²) < 4.78 is 1.23. The number of nitrogens with zero attached hydrogens (tertiary/aromatic N) is 3. The average molecular weight is 398 g/mol. The normalized spacial score (nSPS) is 14.7. The van der Waals surface area contributed by atoms with Crippen molar-refractivity contribution in [3.63, 3.8) is 0 Å². The number of hydrogen-bond acceptors (Lipinski definition) is 5. The summed E-state index contributed by atoms with van der Waals surface area (Å²) in [5, 5.41) is 1.06. The van der Waals surface area contributed by atoms with Crippen LogP contribution >= 0.6 is 23.1 Å². The van der Waals surface area contributed by atoms with Crippen LogP contribution in [0.15, 0.2) is 47.4 Å². The van der Waals surface area contributed by atoms with Crippen LogP contribution in [-0.4, -0.2) is 47.7 Å². The number of benzene rings is 2. The summed E-state index contributed by atoms with van der Waals surface area (Å²) in [6.45, 7) is 7.37. The molecule has 27 heavy (non-hydrogen) atoms. The lowest BCUT2D eigenvalue weighted by Gasteiger charge is -2.34. The molecule has 1 amide bonds. The molecule has 6 heteroatoms. The molecule has 2 heterocycles. The Hall–Kier alpha value is -2.05. The monoisotopic (exact) mass is 397 g/mol. The first kappa shape index (κ1) is 18.3. The Balaban J connectivity index is 1.41. The van der Waals surface area contributed by atoms with Gasteiger partial charge in [0.05, 0.1) is 10.2 Å². The zero-order chi connectivity index (χ0) is 18.8. The summed E-state index contributed by atoms with van der Waals surface area (Å²) in [4.78, 5) is 23.0. The lowest BCUT2D eigenvalue weighted by atomic mass is 10.2. The number of thiazole rings is 1. The van der Waals surface area contributed by atoms with Crippen molar-refractivity contribution in [1.29, 1.82) is 0 Å². The second kappa shape index (κ2) is 7.90. The van der Waals surface area contributed by atoms with Gasteiger partial charge in [-0.3, -0.25) is 4.79 Å². The fourth-order valence-electron chi connectivity index (χ4n) is 3.30. The van der Waals surface area contributed by atoms with Crippen LogP contribution in [0, 0.1) is 6.92 Å². The Morgan fingerprint density at radius 2 is 1.85 bits per heavy atom. The molecule has 3 aromatic rings. The molecule has 2 aromatic carbocycles. The Morgan fingerprint density at radius 3 is 2.56 bits per heavy atom. The summed E-state index contributed by atoms with van der Waals surface area (Å²) in [7, 11) is 0. The summed E-state index contributed by atoms with van der Waals surface area (Å²) in [6.07, 6.45) is 0. The summed E-state index contributed by atoms with van der Waals surface area (Å²) in [5.74, 6) is 1.17. The van der Waals surface area contributed by atoms with Crippen LogP contribution in [0.2, 0.25) is 0 Å². The quantitative estimate of drug-likeness (QED) is 0.599. The molecule has 0 unspecified atom stereocenters. The van der Waals surface area contributed by atoms with Crippen LogP contribution < -0.4 is 4.90 Å². The topological polar surface area (TPSA) is 36.4 Å². The largest absolute Gasteiger partial charge is 0.345 e. The highest BCUT2D eigenvalue weighted by Crippen LogP contribution is 2.30. The van der Waals surface area contributed by atoms with Crippen LogP contribution in [0.3, 0.4) is 0 Å². The van der Waals surface area contributed by atoms with E-state index in [0.717, 1.165) is 48.1 Å². The van der Waals surface area contributed by atoms with E-state index < -0.39 is 0 Å². The highest BCUT2D eigenvalue weighted by atomic mass is 32.2. The molecule has 1 aromatic heterocycles. The predicted molar refractivity (Wildman–Crippen MR) is 115 cm³/mol. The minimum absolute atomic E-state index is 0.127. The first-order chi connectivity index (χ1) is 13.1. The van der Waals surface area contributed by atoms with Crippen molar-refractivity contribution in [3.8, 4) is 0 Å². The van der Waals surface area contributed by atoms with Gasteiger partial charge >= 0.3 is 0 Å². The van der Waals surface area contributed by atoms with Crippen LogP contribution in [0.25, 0.3) is 10.2 Å². The minimum Gasteiger partial charge on any atom is -0.345 e. The molecule has 1 fully saturated rings. The van der Waals surface area contributed by atoms with E-state index in [0.29, 0.717) is 0 Å². The SMILES string of the molecule is CCSc1ccc(C(=O)N2CCN(c3nc4ccc(C)cc4s3)CC2)cc1. The van der Waals surface area contributed by atoms with Crippen molar-refractivity contribution < 1.29 is 4.79 Å². The van der Waals surface area contributed by atoms with Crippen LogP contribution in [0.1, 0.15) is 22.8 Å². The fraction of sp³-hybridized carbons (Fsp3) is 0.333. The molecule has 4 nitrogen and oxygen atoms in total. The number of carbonyl (C=O) groups excluding carboxylic acids is 1. The molecule has 1 aliphatic heterocycles. The molecule has 140 valence electrons. The second-order valence-corrected chi connectivity index (χ2v) is 9.05. The smallest absolute Gasteiger partial charge is 0.253 e. The maximum Gasteiger partial charge on any atom is 0.253 e. The van der Waals surface area contributed by atoms with Crippen LogP contribution in [0.4, 0.5) is 5.13 Å². The van der Waals surface area contributed by atoms with E-state index in [2.05, 4.69) is 36.9 Å². The van der Waals surface area contributed by atoms with E-state index in [1.54, 1.807) is 23.1 Å². The van der Waals surface area contributed by atoms with Gasteiger partial charge in [-0.2, -0.15) is 0 Å². The number of thioether (sulfide) groups is 1. The molecule has 0 spiro atoms. The Kier molecular flexibility index (Phi) is 5.36. The molecule has 0 N–H and O–H groups in total. The van der Waals surface area contributed by atoms with Crippen molar-refractivity contribution >= 4 is 44.4 Å². The third kappa shape index (κ3) is 3.96. The minimum atomic E-state index is 0.127. The van der Waals surface area contributed by atoms with Crippen molar-refractivity contribution in [2.75, 3.05) is 36.8 Å². The van der Waals surface area contributed by atoms with E-state index in [1.807, 2.05) is 29.2 Å². The lowest BCUT2D eigenvalue weighted by molar-refractivity contribution is 0.0746. The highest BCUT2D eigenvalue weighted by Gasteiger charge is 2.24. The summed E-state index contributed by atoms with van der Waals surface area (Å²) in [6, 6.07) is 14.4. The van der Waals surface area contributed by atoms with Gasteiger partial charge in [-0.15, -0.1) is 11.8 Å². The molecule has 1 saturated heterocycles. The Labute approximate surface area is 168 Å². The number of piperazine rings is 1. The maximum absolute atomic E-state index is 12.8. The zero-order valence-corrected chi connectivity index (χ0v) is 17.3. The number of amides is 1. The Morgan fingerprint density at radius 1 is 1.11 bits per heavy atom. The van der Waals surface area contributed by atoms with E-state index in [4.69, 9.17) is 4.98 Å². The van der Waals surface area contributed by atoms with Gasteiger partial charge in [0.2, 0.25) is 0 Å². The Bertz CT molecular complexity index is 944. The van der Waals surface area contributed by atoms with Gasteiger partial charge < -0.3 is 9.80 Å². The number of anilines is 1. The highest BCUT2D eigenvalue weighted by molar-refractivity contribution is 7.99. The first-order valence-corrected chi connectivity index (χ1v) is 11.1. The summed E-state index contributed by atoms with van der Waals surface area (Å²) in [5.41, 5.74) is 3.10. The van der Waals surface area contributed by atoms with E-state index in [1.165, 1.54) is 15.2 Å². The number of rotatable bonds is 4. The van der Waals surface area contributed by atoms with E-state index >= 15 is 0 Å². The van der Waals surface area contributed by atoms with Crippen molar-refractivity contribution in [2.24, 2.45) is 0 Å². The molecule has 0 atom stereocenters. The maximum atomic E-state index is 12.8. The lowest BCUT2D eigenvalue weighted by Crippen LogP contribution is -2.48. The molecule has 0 radical (unpaired) electrons. The number of aromatic nitrogens is 1. The van der Waals surface area contributed by atoms with Gasteiger partial charge in [0.1, 0.15) is 0 Å². The van der Waals surface area contributed by atoms with Gasteiger partial charge in [0.25, 0.3) is 5.91 Å². The van der Waals surface area contributed by atoms with Gasteiger partial charge in [-0.25, -0.2) is 4.98 Å². The number of fused-ring (bicyclic) bond motifs is 1. The third-order valence-corrected chi connectivity index (χ3v) is 6.76. The van der Waals surface area contributed by atoms with E-state index in [-0.39, 0.29) is 5.91 Å². The van der Waals surface area contributed by atoms with Crippen LogP contribution in [0.5, 0.6) is 0 Å². The number of aryl methyl sites for hydroxylation is 1. The van der Waals surface area contributed by atoms with Gasteiger partial charge in [-0.1, -0.05) is 24.3 Å². The zero-order valence-electron chi connectivity index (χ0n) is 15.6. The second-order valence-electron chi connectivity index (χ2n) is 6.70. The molecular formula is C21H23N3OS2. The van der Waals surface area contributed by atoms with Crippen molar-refractivity contribution in [2.45, 2.75) is 18.7 Å². The first-order valence-electron chi connectivity index (χ1n) is 9.28. The third-order valence-electron chi connectivity index (χ3n) is 4.78. The molecular weight excluding hydrogens is 374 g/mol. The summed E-state index contributed by atoms with van der Waals surface area (Å²) >= 11 is 3.53. The molecule has 0 aliphatic carbocycles. The standard InChI is InChI=1S/C21H23N3OS2/c1-3-26-17-7-5-16(6-8-17)20(25)23-10-12-24(13-11-23)21-22-18-9-4-15(2)14-19(18)27-21/h4-9,14H,3,10-13H2,1-2H3. The van der Waals surface area contributed by atoms with Gasteiger partial charge in [-0.05, 0) is 54.6 Å². The van der Waals surface area contributed by atoms with E-state index in [9.17, 15) is 4.79 Å². The van der Waals surface area contributed by atoms with Gasteiger partial charge in [0.15, 0.2) is 5.13 Å². The fourth-order valence-corrected chi connectivity index (χ4v) is 5.08.